The predicted octanol–water partition coefficient (Wildman–Crippen LogP) is 2.07. The van der Waals surface area contributed by atoms with Gasteiger partial charge in [-0.25, -0.2) is 18.4 Å². The second-order valence-corrected chi connectivity index (χ2v) is 3.34. The van der Waals surface area contributed by atoms with Crippen LogP contribution in [-0.4, -0.2) is 26.0 Å². The summed E-state index contributed by atoms with van der Waals surface area (Å²) in [5.41, 5.74) is -1.01. The number of carbonyl (C=O) groups excluding carboxylic acids is 1. The second-order valence-electron chi connectivity index (χ2n) is 2.98. The van der Waals surface area contributed by atoms with Crippen molar-refractivity contribution >= 4 is 17.9 Å². The van der Waals surface area contributed by atoms with Gasteiger partial charge in [0.1, 0.15) is 10.8 Å². The SMILES string of the molecule is O=Cc1c(C(F)F)nn(-c2cnccn2)c1Cl. The summed E-state index contributed by atoms with van der Waals surface area (Å²) in [5, 5.41) is 3.34. The number of hydrogen-bond donors (Lipinski definition) is 0. The van der Waals surface area contributed by atoms with Gasteiger partial charge in [0, 0.05) is 12.4 Å². The minimum atomic E-state index is -2.88. The molecule has 0 aromatic carbocycles. The van der Waals surface area contributed by atoms with Crippen molar-refractivity contribution < 1.29 is 13.6 Å². The van der Waals surface area contributed by atoms with Gasteiger partial charge in [0.2, 0.25) is 0 Å². The van der Waals surface area contributed by atoms with Crippen LogP contribution in [-0.2, 0) is 0 Å². The lowest BCUT2D eigenvalue weighted by Gasteiger charge is -1.99. The van der Waals surface area contributed by atoms with Gasteiger partial charge in [0.25, 0.3) is 6.43 Å². The number of halogens is 3. The van der Waals surface area contributed by atoms with E-state index in [1.54, 1.807) is 0 Å². The van der Waals surface area contributed by atoms with Crippen LogP contribution in [0.2, 0.25) is 5.15 Å². The zero-order valence-corrected chi connectivity index (χ0v) is 8.97. The lowest BCUT2D eigenvalue weighted by molar-refractivity contribution is 0.110. The Morgan fingerprint density at radius 1 is 1.41 bits per heavy atom. The normalized spacial score (nSPS) is 10.8. The van der Waals surface area contributed by atoms with Gasteiger partial charge in [0.05, 0.1) is 11.8 Å². The fourth-order valence-corrected chi connectivity index (χ4v) is 1.51. The van der Waals surface area contributed by atoms with Gasteiger partial charge in [-0.2, -0.15) is 5.10 Å². The first-order valence-electron chi connectivity index (χ1n) is 4.43. The molecule has 0 aliphatic heterocycles. The van der Waals surface area contributed by atoms with Crippen molar-refractivity contribution in [3.63, 3.8) is 0 Å². The smallest absolute Gasteiger partial charge is 0.282 e. The molecule has 0 spiro atoms. The van der Waals surface area contributed by atoms with Crippen molar-refractivity contribution in [3.05, 3.63) is 35.0 Å². The van der Waals surface area contributed by atoms with Crippen LogP contribution in [0.1, 0.15) is 22.5 Å². The molecule has 0 aliphatic carbocycles. The van der Waals surface area contributed by atoms with E-state index in [1.165, 1.54) is 18.6 Å². The van der Waals surface area contributed by atoms with Crippen molar-refractivity contribution in [2.45, 2.75) is 6.43 Å². The van der Waals surface area contributed by atoms with Gasteiger partial charge >= 0.3 is 0 Å². The van der Waals surface area contributed by atoms with Crippen LogP contribution in [0.3, 0.4) is 0 Å². The third-order valence-electron chi connectivity index (χ3n) is 1.98. The summed E-state index contributed by atoms with van der Waals surface area (Å²) in [6.45, 7) is 0. The zero-order valence-electron chi connectivity index (χ0n) is 8.22. The molecule has 0 atom stereocenters. The Bertz CT molecular complexity index is 543. The molecule has 0 aliphatic rings. The Hall–Kier alpha value is -1.89. The first-order chi connectivity index (χ1) is 8.15. The molecule has 0 unspecified atom stereocenters. The molecular formula is C9H5ClF2N4O. The molecule has 5 nitrogen and oxygen atoms in total. The molecule has 8 heteroatoms. The van der Waals surface area contributed by atoms with Crippen molar-refractivity contribution in [2.24, 2.45) is 0 Å². The average molecular weight is 259 g/mol. The summed E-state index contributed by atoms with van der Waals surface area (Å²) in [6, 6.07) is 0. The number of alkyl halides is 2. The van der Waals surface area contributed by atoms with Crippen LogP contribution in [0.25, 0.3) is 5.82 Å². The zero-order chi connectivity index (χ0) is 12.4. The maximum absolute atomic E-state index is 12.6. The van der Waals surface area contributed by atoms with E-state index < -0.39 is 12.1 Å². The molecule has 2 aromatic heterocycles. The van der Waals surface area contributed by atoms with Gasteiger partial charge in [-0.05, 0) is 0 Å². The highest BCUT2D eigenvalue weighted by atomic mass is 35.5. The number of aromatic nitrogens is 4. The van der Waals surface area contributed by atoms with Gasteiger partial charge < -0.3 is 0 Å². The molecule has 0 bridgehead atoms. The molecule has 17 heavy (non-hydrogen) atoms. The minimum Gasteiger partial charge on any atom is -0.298 e. The molecule has 0 N–H and O–H groups in total. The van der Waals surface area contributed by atoms with Crippen molar-refractivity contribution in [2.75, 3.05) is 0 Å². The molecule has 0 saturated heterocycles. The first kappa shape index (κ1) is 11.6. The summed E-state index contributed by atoms with van der Waals surface area (Å²) in [5.74, 6) is 0.160. The highest BCUT2D eigenvalue weighted by molar-refractivity contribution is 6.32. The van der Waals surface area contributed by atoms with Gasteiger partial charge in [0.15, 0.2) is 12.1 Å². The van der Waals surface area contributed by atoms with Crippen LogP contribution in [0, 0.1) is 0 Å². The molecule has 2 rings (SSSR count). The highest BCUT2D eigenvalue weighted by Gasteiger charge is 2.23. The van der Waals surface area contributed by atoms with E-state index in [0.717, 1.165) is 4.68 Å². The maximum Gasteiger partial charge on any atom is 0.282 e. The third-order valence-corrected chi connectivity index (χ3v) is 2.35. The van der Waals surface area contributed by atoms with E-state index in [-0.39, 0.29) is 22.8 Å². The van der Waals surface area contributed by atoms with E-state index in [0.29, 0.717) is 0 Å². The lowest BCUT2D eigenvalue weighted by Crippen LogP contribution is -2.00. The Morgan fingerprint density at radius 2 is 2.18 bits per heavy atom. The number of hydrogen-bond acceptors (Lipinski definition) is 4. The van der Waals surface area contributed by atoms with Gasteiger partial charge in [-0.3, -0.25) is 9.78 Å². The van der Waals surface area contributed by atoms with Crippen LogP contribution in [0.4, 0.5) is 8.78 Å². The molecule has 88 valence electrons. The highest BCUT2D eigenvalue weighted by Crippen LogP contribution is 2.27. The fraction of sp³-hybridized carbons (Fsp3) is 0.111. The van der Waals surface area contributed by atoms with E-state index in [9.17, 15) is 13.6 Å². The topological polar surface area (TPSA) is 60.7 Å². The summed E-state index contributed by atoms with van der Waals surface area (Å²) in [7, 11) is 0. The number of carbonyl (C=O) groups is 1. The first-order valence-corrected chi connectivity index (χ1v) is 4.81. The predicted molar refractivity (Wildman–Crippen MR) is 54.5 cm³/mol. The molecule has 2 aromatic rings. The molecule has 2 heterocycles. The van der Waals surface area contributed by atoms with Crippen LogP contribution < -0.4 is 0 Å². The Kier molecular flexibility index (Phi) is 3.10. The minimum absolute atomic E-state index is 0.160. The lowest BCUT2D eigenvalue weighted by atomic mass is 10.3. The van der Waals surface area contributed by atoms with E-state index >= 15 is 0 Å². The standard InChI is InChI=1S/C9H5ClF2N4O/c10-8-5(4-17)7(9(11)12)15-16(8)6-3-13-1-2-14-6/h1-4,9H. The Balaban J connectivity index is 2.61. The van der Waals surface area contributed by atoms with Gasteiger partial charge in [-0.1, -0.05) is 11.6 Å². The Morgan fingerprint density at radius 3 is 2.65 bits per heavy atom. The molecule has 0 saturated carbocycles. The molecular weight excluding hydrogens is 254 g/mol. The number of aldehydes is 1. The summed E-state index contributed by atoms with van der Waals surface area (Å²) in [4.78, 5) is 18.3. The molecule has 0 radical (unpaired) electrons. The van der Waals surface area contributed by atoms with Crippen LogP contribution in [0.5, 0.6) is 0 Å². The van der Waals surface area contributed by atoms with Gasteiger partial charge in [-0.15, -0.1) is 0 Å². The quantitative estimate of drug-likeness (QED) is 0.791. The van der Waals surface area contributed by atoms with Crippen molar-refractivity contribution in [3.8, 4) is 5.82 Å². The monoisotopic (exact) mass is 258 g/mol. The van der Waals surface area contributed by atoms with Crippen molar-refractivity contribution in [1.82, 2.24) is 19.7 Å². The van der Waals surface area contributed by atoms with E-state index in [4.69, 9.17) is 11.6 Å². The van der Waals surface area contributed by atoms with E-state index in [2.05, 4.69) is 15.1 Å². The maximum atomic E-state index is 12.6. The molecule has 0 fully saturated rings. The summed E-state index contributed by atoms with van der Waals surface area (Å²) in [6.07, 6.45) is 1.42. The summed E-state index contributed by atoms with van der Waals surface area (Å²) >= 11 is 5.78. The largest absolute Gasteiger partial charge is 0.298 e. The number of rotatable bonds is 3. The van der Waals surface area contributed by atoms with Crippen LogP contribution >= 0.6 is 11.6 Å². The molecule has 0 amide bonds. The third kappa shape index (κ3) is 2.01. The van der Waals surface area contributed by atoms with E-state index in [1.807, 2.05) is 0 Å². The van der Waals surface area contributed by atoms with Crippen LogP contribution in [0.15, 0.2) is 18.6 Å². The average Bonchev–Trinajstić information content (AvgIpc) is 2.67. The summed E-state index contributed by atoms with van der Waals surface area (Å²) < 4.78 is 26.1. The van der Waals surface area contributed by atoms with Crippen molar-refractivity contribution in [1.29, 1.82) is 0 Å². The number of nitrogens with zero attached hydrogens (tertiary/aromatic N) is 4. The second kappa shape index (κ2) is 4.54. The fourth-order valence-electron chi connectivity index (χ4n) is 1.25. The Labute approximate surface area is 99.1 Å².